The third kappa shape index (κ3) is 4.55. The second-order valence-corrected chi connectivity index (χ2v) is 5.13. The molecule has 1 heterocycles. The van der Waals surface area contributed by atoms with E-state index in [1.807, 2.05) is 13.8 Å². The molecule has 1 heteroatoms. The molecule has 1 aliphatic carbocycles. The second-order valence-electron chi connectivity index (χ2n) is 5.13. The predicted octanol–water partition coefficient (Wildman–Crippen LogP) is 3.93. The number of hydrogen-bond acceptors (Lipinski definition) is 1. The topological polar surface area (TPSA) is 3.24 Å². The summed E-state index contributed by atoms with van der Waals surface area (Å²) in [5, 5.41) is 0. The van der Waals surface area contributed by atoms with Crippen molar-refractivity contribution in [2.24, 2.45) is 11.8 Å². The molecule has 1 nitrogen and oxygen atoms in total. The van der Waals surface area contributed by atoms with Crippen molar-refractivity contribution in [2.45, 2.75) is 59.3 Å². The van der Waals surface area contributed by atoms with Crippen molar-refractivity contribution in [2.75, 3.05) is 19.6 Å². The van der Waals surface area contributed by atoms with Crippen LogP contribution >= 0.6 is 0 Å². The Morgan fingerprint density at radius 2 is 1.47 bits per heavy atom. The van der Waals surface area contributed by atoms with Crippen molar-refractivity contribution in [1.29, 1.82) is 0 Å². The molecule has 1 saturated carbocycles. The highest BCUT2D eigenvalue weighted by atomic mass is 15.1. The van der Waals surface area contributed by atoms with Crippen LogP contribution < -0.4 is 0 Å². The van der Waals surface area contributed by atoms with Gasteiger partial charge in [-0.1, -0.05) is 33.6 Å². The molecule has 2 rings (SSSR count). The minimum atomic E-state index is 0.986. The normalized spacial score (nSPS) is 25.0. The lowest BCUT2D eigenvalue weighted by Crippen LogP contribution is -2.36. The third-order valence-corrected chi connectivity index (χ3v) is 3.87. The van der Waals surface area contributed by atoms with Crippen LogP contribution in [0.5, 0.6) is 0 Å². The molecule has 0 unspecified atom stereocenters. The van der Waals surface area contributed by atoms with Crippen molar-refractivity contribution in [3.63, 3.8) is 0 Å². The molecule has 2 fully saturated rings. The fourth-order valence-electron chi connectivity index (χ4n) is 2.80. The van der Waals surface area contributed by atoms with E-state index in [0.717, 1.165) is 11.8 Å². The van der Waals surface area contributed by atoms with E-state index in [1.165, 1.54) is 58.2 Å². The van der Waals surface area contributed by atoms with Gasteiger partial charge in [-0.25, -0.2) is 0 Å². The highest BCUT2D eigenvalue weighted by Crippen LogP contribution is 2.27. The van der Waals surface area contributed by atoms with E-state index in [0.29, 0.717) is 0 Å². The zero-order valence-electron chi connectivity index (χ0n) is 11.0. The number of likely N-dealkylation sites (tertiary alicyclic amines) is 1. The summed E-state index contributed by atoms with van der Waals surface area (Å²) in [5.41, 5.74) is 0. The molecule has 0 bridgehead atoms. The summed E-state index contributed by atoms with van der Waals surface area (Å²) < 4.78 is 0. The van der Waals surface area contributed by atoms with Gasteiger partial charge >= 0.3 is 0 Å². The van der Waals surface area contributed by atoms with Crippen LogP contribution in [-0.2, 0) is 0 Å². The summed E-state index contributed by atoms with van der Waals surface area (Å²) in [6.07, 6.45) is 8.88. The molecule has 0 aromatic rings. The Morgan fingerprint density at radius 1 is 0.933 bits per heavy atom. The lowest BCUT2D eigenvalue weighted by molar-refractivity contribution is 0.167. The second kappa shape index (κ2) is 7.27. The first-order valence-electron chi connectivity index (χ1n) is 7.07. The van der Waals surface area contributed by atoms with Crippen LogP contribution in [0.15, 0.2) is 0 Å². The van der Waals surface area contributed by atoms with Crippen LogP contribution in [0.4, 0.5) is 0 Å². The van der Waals surface area contributed by atoms with Crippen molar-refractivity contribution in [1.82, 2.24) is 4.90 Å². The maximum atomic E-state index is 2.70. The van der Waals surface area contributed by atoms with E-state index in [-0.39, 0.29) is 0 Å². The first kappa shape index (κ1) is 13.0. The van der Waals surface area contributed by atoms with Gasteiger partial charge in [-0.2, -0.15) is 0 Å². The Hall–Kier alpha value is -0.0400. The SMILES string of the molecule is CC.CC1CCN(CC2CCCC2)CC1. The summed E-state index contributed by atoms with van der Waals surface area (Å²) in [5.74, 6) is 2.04. The summed E-state index contributed by atoms with van der Waals surface area (Å²) in [6, 6.07) is 0. The summed E-state index contributed by atoms with van der Waals surface area (Å²) >= 11 is 0. The van der Waals surface area contributed by atoms with Crippen LogP contribution in [0.25, 0.3) is 0 Å². The number of piperidine rings is 1. The highest BCUT2D eigenvalue weighted by Gasteiger charge is 2.21. The molecule has 15 heavy (non-hydrogen) atoms. The molecule has 0 N–H and O–H groups in total. The van der Waals surface area contributed by atoms with Crippen molar-refractivity contribution in [3.05, 3.63) is 0 Å². The van der Waals surface area contributed by atoms with Crippen LogP contribution in [-0.4, -0.2) is 24.5 Å². The summed E-state index contributed by atoms with van der Waals surface area (Å²) in [7, 11) is 0. The van der Waals surface area contributed by atoms with Gasteiger partial charge in [-0.05, 0) is 50.6 Å². The molecule has 0 aromatic heterocycles. The molecule has 0 spiro atoms. The van der Waals surface area contributed by atoms with Gasteiger partial charge in [0.25, 0.3) is 0 Å². The molecule has 0 atom stereocenters. The van der Waals surface area contributed by atoms with E-state index in [1.54, 1.807) is 0 Å². The van der Waals surface area contributed by atoms with Crippen LogP contribution in [0, 0.1) is 11.8 Å². The Morgan fingerprint density at radius 3 is 2.00 bits per heavy atom. The third-order valence-electron chi connectivity index (χ3n) is 3.87. The van der Waals surface area contributed by atoms with E-state index in [2.05, 4.69) is 11.8 Å². The summed E-state index contributed by atoms with van der Waals surface area (Å²) in [6.45, 7) is 10.6. The van der Waals surface area contributed by atoms with Crippen LogP contribution in [0.3, 0.4) is 0 Å². The Bertz CT molecular complexity index is 141. The maximum absolute atomic E-state index is 2.70. The van der Waals surface area contributed by atoms with Crippen molar-refractivity contribution < 1.29 is 0 Å². The first-order chi connectivity index (χ1) is 7.34. The maximum Gasteiger partial charge on any atom is 0.000966 e. The van der Waals surface area contributed by atoms with E-state index in [9.17, 15) is 0 Å². The monoisotopic (exact) mass is 211 g/mol. The molecule has 0 radical (unpaired) electrons. The van der Waals surface area contributed by atoms with E-state index in [4.69, 9.17) is 0 Å². The highest BCUT2D eigenvalue weighted by molar-refractivity contribution is 4.75. The largest absolute Gasteiger partial charge is 0.303 e. The number of hydrogen-bond donors (Lipinski definition) is 0. The molecule has 2 aliphatic rings. The average molecular weight is 211 g/mol. The van der Waals surface area contributed by atoms with Gasteiger partial charge in [-0.3, -0.25) is 0 Å². The van der Waals surface area contributed by atoms with Gasteiger partial charge in [0.1, 0.15) is 0 Å². The van der Waals surface area contributed by atoms with Gasteiger partial charge in [0.2, 0.25) is 0 Å². The molecular weight excluding hydrogens is 182 g/mol. The number of rotatable bonds is 2. The lowest BCUT2D eigenvalue weighted by Gasteiger charge is -2.32. The van der Waals surface area contributed by atoms with E-state index < -0.39 is 0 Å². The smallest absolute Gasteiger partial charge is 0.000966 e. The molecule has 1 saturated heterocycles. The lowest BCUT2D eigenvalue weighted by atomic mass is 9.98. The Kier molecular flexibility index (Phi) is 6.31. The van der Waals surface area contributed by atoms with Crippen LogP contribution in [0.2, 0.25) is 0 Å². The van der Waals surface area contributed by atoms with Gasteiger partial charge < -0.3 is 4.90 Å². The average Bonchev–Trinajstić information content (AvgIpc) is 2.77. The zero-order chi connectivity index (χ0) is 11.1. The molecule has 0 amide bonds. The fraction of sp³-hybridized carbons (Fsp3) is 1.00. The first-order valence-corrected chi connectivity index (χ1v) is 7.07. The minimum Gasteiger partial charge on any atom is -0.303 e. The fourth-order valence-corrected chi connectivity index (χ4v) is 2.80. The predicted molar refractivity (Wildman–Crippen MR) is 68.1 cm³/mol. The minimum absolute atomic E-state index is 0.986. The van der Waals surface area contributed by atoms with Gasteiger partial charge in [0.05, 0.1) is 0 Å². The standard InChI is InChI=1S/C12H23N.C2H6/c1-11-6-8-13(9-7-11)10-12-4-2-3-5-12;1-2/h11-12H,2-10H2,1H3;1-2H3. The Labute approximate surface area is 96.2 Å². The van der Waals surface area contributed by atoms with Gasteiger partial charge in [0, 0.05) is 6.54 Å². The molecule has 1 aliphatic heterocycles. The number of nitrogens with zero attached hydrogens (tertiary/aromatic N) is 1. The molecule has 90 valence electrons. The van der Waals surface area contributed by atoms with Gasteiger partial charge in [0.15, 0.2) is 0 Å². The summed E-state index contributed by atoms with van der Waals surface area (Å²) in [4.78, 5) is 2.70. The van der Waals surface area contributed by atoms with E-state index >= 15 is 0 Å². The van der Waals surface area contributed by atoms with Crippen molar-refractivity contribution in [3.8, 4) is 0 Å². The van der Waals surface area contributed by atoms with Gasteiger partial charge in [-0.15, -0.1) is 0 Å². The quantitative estimate of drug-likeness (QED) is 0.669. The van der Waals surface area contributed by atoms with Crippen molar-refractivity contribution >= 4 is 0 Å². The molecular formula is C14H29N. The molecule has 0 aromatic carbocycles. The Balaban J connectivity index is 0.000000531. The zero-order valence-corrected chi connectivity index (χ0v) is 11.0. The van der Waals surface area contributed by atoms with Crippen LogP contribution in [0.1, 0.15) is 59.3 Å².